The Kier molecular flexibility index (Phi) is 2.32. The van der Waals surface area contributed by atoms with Gasteiger partial charge in [0.15, 0.2) is 0 Å². The molecule has 0 aliphatic carbocycles. The third kappa shape index (κ3) is 1.34. The van der Waals surface area contributed by atoms with Crippen LogP contribution < -0.4 is 0 Å². The smallest absolute Gasteiger partial charge is 0.0362 e. The van der Waals surface area contributed by atoms with Crippen molar-refractivity contribution in [2.45, 2.75) is 51.7 Å². The van der Waals surface area contributed by atoms with Gasteiger partial charge in [-0.15, -0.1) is 0 Å². The minimum atomic E-state index is 0.662. The van der Waals surface area contributed by atoms with Crippen LogP contribution in [0.1, 0.15) is 56.8 Å². The lowest BCUT2D eigenvalue weighted by molar-refractivity contribution is 0.0501. The topological polar surface area (TPSA) is 3.24 Å². The number of fused-ring (bicyclic) bond motifs is 5. The standard InChI is InChI=1S/C15H21N/c1-10(2)16-14-8-11(3)9-15(16)13-7-5-4-6-12(13)14/h4-7,10-11,14-15H,8-9H2,1-3H3/t11?,14-,15+. The molecule has 0 saturated carbocycles. The van der Waals surface area contributed by atoms with E-state index in [0.29, 0.717) is 18.1 Å². The van der Waals surface area contributed by atoms with Crippen molar-refractivity contribution in [2.24, 2.45) is 5.92 Å². The van der Waals surface area contributed by atoms with E-state index in [1.54, 1.807) is 11.1 Å². The van der Waals surface area contributed by atoms with Gasteiger partial charge in [0.2, 0.25) is 0 Å². The molecule has 0 N–H and O–H groups in total. The van der Waals surface area contributed by atoms with Crippen LogP contribution in [0.4, 0.5) is 0 Å². The Morgan fingerprint density at radius 1 is 1.06 bits per heavy atom. The molecule has 1 nitrogen and oxygen atoms in total. The minimum Gasteiger partial charge on any atom is -0.287 e. The van der Waals surface area contributed by atoms with Crippen molar-refractivity contribution in [1.82, 2.24) is 4.90 Å². The summed E-state index contributed by atoms with van der Waals surface area (Å²) >= 11 is 0. The minimum absolute atomic E-state index is 0.662. The average Bonchev–Trinajstić information content (AvgIpc) is 2.47. The van der Waals surface area contributed by atoms with Gasteiger partial charge in [-0.3, -0.25) is 4.90 Å². The lowest BCUT2D eigenvalue weighted by atomic mass is 9.90. The number of benzene rings is 1. The van der Waals surface area contributed by atoms with Crippen LogP contribution >= 0.6 is 0 Å². The Labute approximate surface area is 98.5 Å². The fourth-order valence-corrected chi connectivity index (χ4v) is 3.73. The number of hydrogen-bond donors (Lipinski definition) is 0. The maximum Gasteiger partial charge on any atom is 0.0362 e. The fourth-order valence-electron chi connectivity index (χ4n) is 3.73. The van der Waals surface area contributed by atoms with E-state index in [-0.39, 0.29) is 0 Å². The van der Waals surface area contributed by atoms with Crippen molar-refractivity contribution in [2.75, 3.05) is 0 Å². The Morgan fingerprint density at radius 2 is 1.56 bits per heavy atom. The van der Waals surface area contributed by atoms with Crippen LogP contribution in [0.5, 0.6) is 0 Å². The maximum atomic E-state index is 2.73. The van der Waals surface area contributed by atoms with E-state index in [0.717, 1.165) is 5.92 Å². The predicted octanol–water partition coefficient (Wildman–Crippen LogP) is 3.92. The maximum absolute atomic E-state index is 2.73. The first-order valence-electron chi connectivity index (χ1n) is 6.54. The van der Waals surface area contributed by atoms with Gasteiger partial charge in [-0.1, -0.05) is 31.2 Å². The summed E-state index contributed by atoms with van der Waals surface area (Å²) in [5.41, 5.74) is 3.20. The van der Waals surface area contributed by atoms with E-state index in [4.69, 9.17) is 0 Å². The van der Waals surface area contributed by atoms with Crippen molar-refractivity contribution in [3.63, 3.8) is 0 Å². The molecule has 3 atom stereocenters. The first kappa shape index (κ1) is 10.3. The van der Waals surface area contributed by atoms with Gasteiger partial charge < -0.3 is 0 Å². The number of nitrogens with zero attached hydrogens (tertiary/aromatic N) is 1. The normalized spacial score (nSPS) is 33.1. The molecule has 0 aromatic heterocycles. The molecule has 16 heavy (non-hydrogen) atoms. The molecule has 0 radical (unpaired) electrons. The van der Waals surface area contributed by atoms with E-state index < -0.39 is 0 Å². The molecule has 2 bridgehead atoms. The highest BCUT2D eigenvalue weighted by Gasteiger charge is 2.43. The van der Waals surface area contributed by atoms with Gasteiger partial charge in [0.1, 0.15) is 0 Å². The van der Waals surface area contributed by atoms with Crippen LogP contribution in [0.25, 0.3) is 0 Å². The summed E-state index contributed by atoms with van der Waals surface area (Å²) in [5, 5.41) is 0. The van der Waals surface area contributed by atoms with Crippen LogP contribution in [-0.4, -0.2) is 10.9 Å². The first-order valence-corrected chi connectivity index (χ1v) is 6.54. The molecule has 0 amide bonds. The van der Waals surface area contributed by atoms with Crippen molar-refractivity contribution in [1.29, 1.82) is 0 Å². The van der Waals surface area contributed by atoms with Gasteiger partial charge in [0.25, 0.3) is 0 Å². The van der Waals surface area contributed by atoms with Gasteiger partial charge >= 0.3 is 0 Å². The lowest BCUT2D eigenvalue weighted by Gasteiger charge is -2.40. The highest BCUT2D eigenvalue weighted by atomic mass is 15.2. The number of piperidine rings is 1. The van der Waals surface area contributed by atoms with Crippen molar-refractivity contribution in [3.05, 3.63) is 35.4 Å². The third-order valence-electron chi connectivity index (χ3n) is 4.28. The second-order valence-corrected chi connectivity index (χ2v) is 5.78. The Balaban J connectivity index is 2.08. The van der Waals surface area contributed by atoms with Crippen LogP contribution in [0.2, 0.25) is 0 Å². The summed E-state index contributed by atoms with van der Waals surface area (Å²) in [6, 6.07) is 11.1. The summed E-state index contributed by atoms with van der Waals surface area (Å²) in [5.74, 6) is 0.873. The zero-order valence-electron chi connectivity index (χ0n) is 10.5. The van der Waals surface area contributed by atoms with Crippen LogP contribution in [0, 0.1) is 5.92 Å². The molecule has 2 aliphatic heterocycles. The SMILES string of the molecule is CC1C[C@@H]2c3ccccc3[C@H](C1)N2C(C)C. The number of hydrogen-bond acceptors (Lipinski definition) is 1. The van der Waals surface area contributed by atoms with E-state index in [1.807, 2.05) is 0 Å². The van der Waals surface area contributed by atoms with Gasteiger partial charge in [-0.2, -0.15) is 0 Å². The fraction of sp³-hybridized carbons (Fsp3) is 0.600. The van der Waals surface area contributed by atoms with Crippen molar-refractivity contribution < 1.29 is 0 Å². The largest absolute Gasteiger partial charge is 0.287 e. The summed E-state index contributed by atoms with van der Waals surface area (Å²) in [6.45, 7) is 7.08. The number of rotatable bonds is 1. The molecule has 1 fully saturated rings. The summed E-state index contributed by atoms with van der Waals surface area (Å²) in [4.78, 5) is 2.73. The molecule has 1 aromatic rings. The molecule has 86 valence electrons. The van der Waals surface area contributed by atoms with Gasteiger partial charge in [0, 0.05) is 18.1 Å². The molecular formula is C15H21N. The Bertz CT molecular complexity index is 363. The molecule has 1 aromatic carbocycles. The summed E-state index contributed by atoms with van der Waals surface area (Å²) < 4.78 is 0. The first-order chi connectivity index (χ1) is 7.68. The average molecular weight is 215 g/mol. The van der Waals surface area contributed by atoms with Crippen LogP contribution in [0.3, 0.4) is 0 Å². The van der Waals surface area contributed by atoms with Crippen LogP contribution in [0.15, 0.2) is 24.3 Å². The highest BCUT2D eigenvalue weighted by molar-refractivity contribution is 5.39. The lowest BCUT2D eigenvalue weighted by Crippen LogP contribution is -2.37. The molecule has 1 heteroatoms. The molecule has 2 aliphatic rings. The second-order valence-electron chi connectivity index (χ2n) is 5.78. The van der Waals surface area contributed by atoms with Crippen molar-refractivity contribution >= 4 is 0 Å². The quantitative estimate of drug-likeness (QED) is 0.686. The second kappa shape index (κ2) is 3.59. The van der Waals surface area contributed by atoms with Gasteiger partial charge in [-0.25, -0.2) is 0 Å². The van der Waals surface area contributed by atoms with E-state index in [1.165, 1.54) is 12.8 Å². The molecule has 1 saturated heterocycles. The molecule has 2 heterocycles. The van der Waals surface area contributed by atoms with E-state index in [2.05, 4.69) is 49.9 Å². The Morgan fingerprint density at radius 3 is 2.00 bits per heavy atom. The zero-order valence-corrected chi connectivity index (χ0v) is 10.5. The predicted molar refractivity (Wildman–Crippen MR) is 67.3 cm³/mol. The molecular weight excluding hydrogens is 194 g/mol. The Hall–Kier alpha value is -0.820. The van der Waals surface area contributed by atoms with Crippen LogP contribution in [-0.2, 0) is 0 Å². The third-order valence-corrected chi connectivity index (χ3v) is 4.28. The van der Waals surface area contributed by atoms with Gasteiger partial charge in [-0.05, 0) is 43.7 Å². The zero-order chi connectivity index (χ0) is 11.3. The monoisotopic (exact) mass is 215 g/mol. The van der Waals surface area contributed by atoms with Crippen molar-refractivity contribution in [3.8, 4) is 0 Å². The van der Waals surface area contributed by atoms with E-state index in [9.17, 15) is 0 Å². The molecule has 1 unspecified atom stereocenters. The summed E-state index contributed by atoms with van der Waals surface area (Å²) in [6.07, 6.45) is 2.68. The summed E-state index contributed by atoms with van der Waals surface area (Å²) in [7, 11) is 0. The molecule has 0 spiro atoms. The highest BCUT2D eigenvalue weighted by Crippen LogP contribution is 2.52. The molecule has 3 rings (SSSR count). The van der Waals surface area contributed by atoms with Gasteiger partial charge in [0.05, 0.1) is 0 Å². The van der Waals surface area contributed by atoms with E-state index >= 15 is 0 Å².